The number of fused-ring (bicyclic) bond motifs is 2. The summed E-state index contributed by atoms with van der Waals surface area (Å²) < 4.78 is 23.9. The van der Waals surface area contributed by atoms with Crippen molar-refractivity contribution in [3.8, 4) is 0 Å². The van der Waals surface area contributed by atoms with Gasteiger partial charge in [0.05, 0.1) is 13.2 Å². The van der Waals surface area contributed by atoms with Gasteiger partial charge in [0.15, 0.2) is 12.7 Å². The summed E-state index contributed by atoms with van der Waals surface area (Å²) in [7, 11) is 1.52. The van der Waals surface area contributed by atoms with Gasteiger partial charge in [-0.3, -0.25) is 4.57 Å². The van der Waals surface area contributed by atoms with Gasteiger partial charge >= 0.3 is 5.69 Å². The molecule has 0 aliphatic carbocycles. The molecule has 2 fully saturated rings. The Morgan fingerprint density at radius 2 is 2.43 bits per heavy atom. The average molecular weight is 363 g/mol. The summed E-state index contributed by atoms with van der Waals surface area (Å²) in [5.74, 6) is 0.120. The predicted molar refractivity (Wildman–Crippen MR) is 84.7 cm³/mol. The number of nitrogen functional groups attached to an aromatic ring is 1. The predicted octanol–water partition coefficient (Wildman–Crippen LogP) is -0.545. The number of anilines is 1. The molecule has 23 heavy (non-hydrogen) atoms. The van der Waals surface area contributed by atoms with E-state index in [9.17, 15) is 9.69 Å². The Morgan fingerprint density at radius 3 is 3.04 bits per heavy atom. The SMILES string of the molecule is COC[C@]12CO[C@@H](C1OP(C)(O)=S)[C@H](n1ccc(N)nc1=O)O2. The van der Waals surface area contributed by atoms with E-state index in [1.165, 1.54) is 30.6 Å². The minimum Gasteiger partial charge on any atom is -0.383 e. The van der Waals surface area contributed by atoms with Crippen LogP contribution in [-0.4, -0.2) is 59.2 Å². The van der Waals surface area contributed by atoms with Crippen LogP contribution in [0, 0.1) is 0 Å². The fraction of sp³-hybridized carbons (Fsp3) is 0.667. The minimum absolute atomic E-state index is 0.120. The first-order valence-corrected chi connectivity index (χ1v) is 9.99. The summed E-state index contributed by atoms with van der Waals surface area (Å²) in [6, 6.07) is 1.49. The molecular weight excluding hydrogens is 345 g/mol. The molecule has 3 N–H and O–H groups in total. The van der Waals surface area contributed by atoms with Gasteiger partial charge in [0.2, 0.25) is 0 Å². The molecule has 3 heterocycles. The Balaban J connectivity index is 1.97. The van der Waals surface area contributed by atoms with Crippen molar-refractivity contribution >= 4 is 24.1 Å². The van der Waals surface area contributed by atoms with E-state index in [-0.39, 0.29) is 19.0 Å². The van der Waals surface area contributed by atoms with E-state index < -0.39 is 36.2 Å². The number of nitrogens with zero attached hydrogens (tertiary/aromatic N) is 2. The van der Waals surface area contributed by atoms with E-state index in [1.54, 1.807) is 0 Å². The van der Waals surface area contributed by atoms with E-state index in [1.807, 2.05) is 0 Å². The molecule has 2 aliphatic rings. The van der Waals surface area contributed by atoms with Gasteiger partial charge in [0, 0.05) is 20.0 Å². The van der Waals surface area contributed by atoms with Crippen LogP contribution in [0.4, 0.5) is 5.82 Å². The molecule has 1 aromatic heterocycles. The zero-order valence-corrected chi connectivity index (χ0v) is 14.3. The third kappa shape index (κ3) is 3.08. The molecule has 9 nitrogen and oxygen atoms in total. The molecule has 0 spiro atoms. The molecule has 0 radical (unpaired) electrons. The molecule has 2 bridgehead atoms. The number of ether oxygens (including phenoxy) is 3. The third-order valence-electron chi connectivity index (χ3n) is 3.80. The van der Waals surface area contributed by atoms with Crippen LogP contribution in [-0.2, 0) is 30.5 Å². The second-order valence-corrected chi connectivity index (χ2v) is 9.50. The fourth-order valence-corrected chi connectivity index (χ4v) is 3.96. The van der Waals surface area contributed by atoms with Crippen LogP contribution in [0.2, 0.25) is 0 Å². The largest absolute Gasteiger partial charge is 0.383 e. The maximum Gasteiger partial charge on any atom is 0.351 e. The molecule has 128 valence electrons. The van der Waals surface area contributed by atoms with E-state index in [4.69, 9.17) is 36.3 Å². The summed E-state index contributed by atoms with van der Waals surface area (Å²) in [5.41, 5.74) is 4.01. The van der Waals surface area contributed by atoms with Crippen molar-refractivity contribution in [1.82, 2.24) is 9.55 Å². The highest BCUT2D eigenvalue weighted by Crippen LogP contribution is 2.52. The summed E-state index contributed by atoms with van der Waals surface area (Å²) in [6.45, 7) is -1.11. The first kappa shape index (κ1) is 17.0. The number of nitrogens with two attached hydrogens (primary N) is 1. The van der Waals surface area contributed by atoms with E-state index >= 15 is 0 Å². The van der Waals surface area contributed by atoms with Crippen molar-refractivity contribution in [3.63, 3.8) is 0 Å². The van der Waals surface area contributed by atoms with Crippen molar-refractivity contribution in [2.45, 2.75) is 24.0 Å². The van der Waals surface area contributed by atoms with E-state index in [2.05, 4.69) is 4.98 Å². The molecule has 5 atom stereocenters. The van der Waals surface area contributed by atoms with Gasteiger partial charge in [-0.1, -0.05) is 0 Å². The molecule has 0 amide bonds. The van der Waals surface area contributed by atoms with Crippen LogP contribution in [0.5, 0.6) is 0 Å². The summed E-state index contributed by atoms with van der Waals surface area (Å²) >= 11 is 4.98. The molecule has 2 saturated heterocycles. The van der Waals surface area contributed by atoms with Crippen LogP contribution in [0.15, 0.2) is 17.1 Å². The molecule has 2 unspecified atom stereocenters. The smallest absolute Gasteiger partial charge is 0.351 e. The van der Waals surface area contributed by atoms with Gasteiger partial charge in [0.25, 0.3) is 0 Å². The van der Waals surface area contributed by atoms with Gasteiger partial charge < -0.3 is 29.4 Å². The van der Waals surface area contributed by atoms with Crippen LogP contribution in [0.3, 0.4) is 0 Å². The van der Waals surface area contributed by atoms with Crippen molar-refractivity contribution in [1.29, 1.82) is 0 Å². The standard InChI is InChI=1S/C12H18N3O6PS/c1-18-5-12-6-19-8(9(12)21-22(2,17)23)10(20-12)15-4-3-7(13)14-11(15)16/h3-4,8-10H,5-6H2,1-2H3,(H,17,23)(H2,13,14,16)/t8-,9?,10+,12-,22?/m0/s1. The normalized spacial score (nSPS) is 35.3. The van der Waals surface area contributed by atoms with E-state index in [0.29, 0.717) is 0 Å². The number of rotatable bonds is 5. The lowest BCUT2D eigenvalue weighted by molar-refractivity contribution is -0.190. The second kappa shape index (κ2) is 5.89. The van der Waals surface area contributed by atoms with Crippen molar-refractivity contribution < 1.29 is 23.6 Å². The van der Waals surface area contributed by atoms with Gasteiger partial charge in [-0.25, -0.2) is 4.79 Å². The summed E-state index contributed by atoms with van der Waals surface area (Å²) in [4.78, 5) is 25.7. The minimum atomic E-state index is -2.96. The number of hydrogen-bond acceptors (Lipinski definition) is 8. The molecule has 1 aromatic rings. The van der Waals surface area contributed by atoms with Gasteiger partial charge in [-0.05, 0) is 17.9 Å². The van der Waals surface area contributed by atoms with Gasteiger partial charge in [-0.2, -0.15) is 4.98 Å². The number of methoxy groups -OCH3 is 1. The van der Waals surface area contributed by atoms with Crippen molar-refractivity contribution in [2.75, 3.05) is 32.7 Å². The Hall–Kier alpha value is -0.870. The lowest BCUT2D eigenvalue weighted by atomic mass is 10.0. The number of hydrogen-bond donors (Lipinski definition) is 2. The Morgan fingerprint density at radius 1 is 1.70 bits per heavy atom. The molecule has 0 aromatic carbocycles. The second-order valence-electron chi connectivity index (χ2n) is 5.65. The summed E-state index contributed by atoms with van der Waals surface area (Å²) in [5, 5.41) is 0. The Bertz CT molecular complexity index is 708. The van der Waals surface area contributed by atoms with Crippen molar-refractivity contribution in [3.05, 3.63) is 22.7 Å². The quantitative estimate of drug-likeness (QED) is 0.665. The monoisotopic (exact) mass is 363 g/mol. The highest BCUT2D eigenvalue weighted by molar-refractivity contribution is 8.09. The van der Waals surface area contributed by atoms with Crippen LogP contribution in [0.25, 0.3) is 0 Å². The highest BCUT2D eigenvalue weighted by atomic mass is 32.5. The fourth-order valence-electron chi connectivity index (χ4n) is 2.95. The van der Waals surface area contributed by atoms with Gasteiger partial charge in [-0.15, -0.1) is 0 Å². The first-order chi connectivity index (χ1) is 10.8. The maximum absolute atomic E-state index is 12.1. The highest BCUT2D eigenvalue weighted by Gasteiger charge is 2.64. The molecule has 0 saturated carbocycles. The molecule has 3 rings (SSSR count). The molecule has 2 aliphatic heterocycles. The lowest BCUT2D eigenvalue weighted by Gasteiger charge is -2.31. The lowest BCUT2D eigenvalue weighted by Crippen LogP contribution is -2.45. The third-order valence-corrected chi connectivity index (χ3v) is 4.67. The maximum atomic E-state index is 12.1. The Kier molecular flexibility index (Phi) is 4.35. The van der Waals surface area contributed by atoms with Crippen LogP contribution < -0.4 is 11.4 Å². The Labute approximate surface area is 137 Å². The van der Waals surface area contributed by atoms with Crippen molar-refractivity contribution in [2.24, 2.45) is 0 Å². The van der Waals surface area contributed by atoms with Gasteiger partial charge in [0.1, 0.15) is 23.6 Å². The summed E-state index contributed by atoms with van der Waals surface area (Å²) in [6.07, 6.45) is -0.524. The molecule has 11 heteroatoms. The van der Waals surface area contributed by atoms with Crippen LogP contribution >= 0.6 is 6.49 Å². The molecular formula is C12H18N3O6PS. The van der Waals surface area contributed by atoms with Crippen LogP contribution in [0.1, 0.15) is 6.23 Å². The first-order valence-electron chi connectivity index (χ1n) is 6.87. The average Bonchev–Trinajstić information content (AvgIpc) is 2.89. The number of aromatic nitrogens is 2. The topological polar surface area (TPSA) is 118 Å². The zero-order chi connectivity index (χ0) is 16.8. The van der Waals surface area contributed by atoms with E-state index in [0.717, 1.165) is 0 Å². The zero-order valence-electron chi connectivity index (χ0n) is 12.6.